The smallest absolute Gasteiger partial charge is 0.229 e. The average molecular weight is 510 g/mol. The normalized spacial score (nSPS) is 12.1. The van der Waals surface area contributed by atoms with Gasteiger partial charge in [0.2, 0.25) is 5.91 Å². The molecular weight excluding hydrogens is 478 g/mol. The predicted octanol–water partition coefficient (Wildman–Crippen LogP) is 8.65. The van der Waals surface area contributed by atoms with Gasteiger partial charge < -0.3 is 10.1 Å². The van der Waals surface area contributed by atoms with Gasteiger partial charge in [-0.25, -0.2) is 0 Å². The lowest BCUT2D eigenvalue weighted by Gasteiger charge is -2.23. The summed E-state index contributed by atoms with van der Waals surface area (Å²) in [4.78, 5) is 13.1. The zero-order chi connectivity index (χ0) is 26.6. The zero-order valence-corrected chi connectivity index (χ0v) is 22.7. The number of hydrogen-bond donors (Lipinski definition) is 1. The van der Waals surface area contributed by atoms with Crippen LogP contribution in [0.2, 0.25) is 5.02 Å². The number of amides is 1. The van der Waals surface area contributed by atoms with Crippen LogP contribution in [0.1, 0.15) is 48.6 Å². The maximum absolute atomic E-state index is 13.1. The number of benzene rings is 4. The minimum absolute atomic E-state index is 0.0441. The molecule has 0 aliphatic carbocycles. The zero-order valence-electron chi connectivity index (χ0n) is 21.9. The highest BCUT2D eigenvalue weighted by molar-refractivity contribution is 6.30. The number of halogens is 1. The first-order chi connectivity index (χ1) is 17.7. The van der Waals surface area contributed by atoms with E-state index in [-0.39, 0.29) is 5.91 Å². The molecule has 3 nitrogen and oxygen atoms in total. The molecule has 188 valence electrons. The van der Waals surface area contributed by atoms with E-state index in [1.165, 1.54) is 5.56 Å². The Balaban J connectivity index is 2.07. The molecule has 1 N–H and O–H groups in total. The van der Waals surface area contributed by atoms with Gasteiger partial charge in [-0.1, -0.05) is 105 Å². The summed E-state index contributed by atoms with van der Waals surface area (Å²) in [5, 5.41) is 3.86. The number of carbonyl (C=O) groups is 1. The molecule has 4 aromatic rings. The Morgan fingerprint density at radius 2 is 1.24 bits per heavy atom. The molecule has 0 heterocycles. The van der Waals surface area contributed by atoms with E-state index in [1.54, 1.807) is 7.11 Å². The Morgan fingerprint density at radius 1 is 0.730 bits per heavy atom. The Labute approximate surface area is 224 Å². The number of nitrogens with one attached hydrogen (secondary N) is 1. The largest absolute Gasteiger partial charge is 0.497 e. The summed E-state index contributed by atoms with van der Waals surface area (Å²) in [5.74, 6) is 0.734. The molecule has 1 amide bonds. The van der Waals surface area contributed by atoms with Gasteiger partial charge in [0.15, 0.2) is 0 Å². The van der Waals surface area contributed by atoms with Crippen molar-refractivity contribution in [3.8, 4) is 5.75 Å². The van der Waals surface area contributed by atoms with Crippen LogP contribution in [0.3, 0.4) is 0 Å². The van der Waals surface area contributed by atoms with E-state index >= 15 is 0 Å². The first kappa shape index (κ1) is 26.2. The van der Waals surface area contributed by atoms with Crippen molar-refractivity contribution < 1.29 is 9.53 Å². The van der Waals surface area contributed by atoms with Gasteiger partial charge in [-0.15, -0.1) is 0 Å². The number of anilines is 1. The van der Waals surface area contributed by atoms with Gasteiger partial charge >= 0.3 is 0 Å². The van der Waals surface area contributed by atoms with E-state index in [0.29, 0.717) is 5.02 Å². The number of para-hydroxylation sites is 1. The fourth-order valence-electron chi connectivity index (χ4n) is 4.10. The summed E-state index contributed by atoms with van der Waals surface area (Å²) in [7, 11) is 1.66. The summed E-state index contributed by atoms with van der Waals surface area (Å²) in [5.41, 5.74) is 7.46. The molecule has 4 aromatic carbocycles. The van der Waals surface area contributed by atoms with Gasteiger partial charge in [-0.3, -0.25) is 4.79 Å². The average Bonchev–Trinajstić information content (AvgIpc) is 2.89. The first-order valence-corrected chi connectivity index (χ1v) is 12.7. The molecule has 0 fully saturated rings. The number of aryl methyl sites for hydroxylation is 1. The first-order valence-electron chi connectivity index (χ1n) is 12.3. The fraction of sp³-hybridized carbons (Fsp3) is 0.182. The van der Waals surface area contributed by atoms with E-state index in [4.69, 9.17) is 16.3 Å². The van der Waals surface area contributed by atoms with Crippen LogP contribution in [-0.2, 0) is 4.79 Å². The molecule has 0 aliphatic heterocycles. The van der Waals surface area contributed by atoms with Gasteiger partial charge in [0.1, 0.15) is 5.75 Å². The van der Waals surface area contributed by atoms with Crippen molar-refractivity contribution >= 4 is 34.3 Å². The van der Waals surface area contributed by atoms with Crippen LogP contribution in [0, 0.1) is 12.3 Å². The quantitative estimate of drug-likeness (QED) is 0.264. The minimum Gasteiger partial charge on any atom is -0.497 e. The molecule has 0 saturated heterocycles. The molecule has 4 heteroatoms. The molecular formula is C33H32ClNO2. The van der Waals surface area contributed by atoms with Gasteiger partial charge in [0.25, 0.3) is 0 Å². The summed E-state index contributed by atoms with van der Waals surface area (Å²) < 4.78 is 5.44. The lowest BCUT2D eigenvalue weighted by Crippen LogP contribution is -2.28. The second-order valence-corrected chi connectivity index (χ2v) is 10.5. The van der Waals surface area contributed by atoms with Crippen LogP contribution in [-0.4, -0.2) is 13.0 Å². The summed E-state index contributed by atoms with van der Waals surface area (Å²) in [6, 6.07) is 32.4. The van der Waals surface area contributed by atoms with Crippen LogP contribution in [0.4, 0.5) is 5.69 Å². The van der Waals surface area contributed by atoms with Gasteiger partial charge in [-0.05, 0) is 65.1 Å². The van der Waals surface area contributed by atoms with Gasteiger partial charge in [-0.2, -0.15) is 0 Å². The highest BCUT2D eigenvalue weighted by atomic mass is 35.5. The van der Waals surface area contributed by atoms with Crippen LogP contribution in [0.25, 0.3) is 11.1 Å². The maximum atomic E-state index is 13.1. The van der Waals surface area contributed by atoms with Crippen LogP contribution in [0.15, 0.2) is 97.1 Å². The molecule has 0 atom stereocenters. The summed E-state index contributed by atoms with van der Waals surface area (Å²) in [6.07, 6.45) is 0. The van der Waals surface area contributed by atoms with Crippen LogP contribution >= 0.6 is 11.6 Å². The van der Waals surface area contributed by atoms with E-state index in [0.717, 1.165) is 44.8 Å². The molecule has 0 unspecified atom stereocenters. The van der Waals surface area contributed by atoms with E-state index in [2.05, 4.69) is 54.7 Å². The molecule has 4 rings (SSSR count). The van der Waals surface area contributed by atoms with Crippen LogP contribution < -0.4 is 10.1 Å². The monoisotopic (exact) mass is 509 g/mol. The summed E-state index contributed by atoms with van der Waals surface area (Å²) in [6.45, 7) is 7.82. The Morgan fingerprint density at radius 3 is 1.81 bits per heavy atom. The van der Waals surface area contributed by atoms with Crippen molar-refractivity contribution in [2.45, 2.75) is 27.7 Å². The molecule has 0 spiro atoms. The second-order valence-electron chi connectivity index (χ2n) is 10.1. The third-order valence-electron chi connectivity index (χ3n) is 6.23. The lowest BCUT2D eigenvalue weighted by molar-refractivity contribution is -0.123. The van der Waals surface area contributed by atoms with Crippen molar-refractivity contribution in [1.29, 1.82) is 0 Å². The molecule has 0 bridgehead atoms. The molecule has 37 heavy (non-hydrogen) atoms. The second kappa shape index (κ2) is 11.1. The van der Waals surface area contributed by atoms with E-state index < -0.39 is 5.41 Å². The molecule has 0 saturated carbocycles. The number of carbonyl (C=O) groups excluding carboxylic acids is 1. The third-order valence-corrected chi connectivity index (χ3v) is 6.48. The van der Waals surface area contributed by atoms with Gasteiger partial charge in [0, 0.05) is 21.7 Å². The predicted molar refractivity (Wildman–Crippen MR) is 155 cm³/mol. The molecule has 0 radical (unpaired) electrons. The van der Waals surface area contributed by atoms with E-state index in [9.17, 15) is 4.79 Å². The standard InChI is InChI=1S/C33H32ClNO2/c1-22-10-12-23(13-11-22)30(24-14-18-26(34)19-15-24)31(25-16-20-27(37-5)21-17-25)28-8-6-7-9-29(28)35-32(36)33(2,3)4/h6-21H,1-5H3,(H,35,36)/b31-30-. The number of rotatable bonds is 6. The van der Waals surface area contributed by atoms with Gasteiger partial charge in [0.05, 0.1) is 7.11 Å². The lowest BCUT2D eigenvalue weighted by atomic mass is 9.84. The van der Waals surface area contributed by atoms with Crippen molar-refractivity contribution in [2.24, 2.45) is 5.41 Å². The number of hydrogen-bond acceptors (Lipinski definition) is 2. The summed E-state index contributed by atoms with van der Waals surface area (Å²) >= 11 is 6.28. The molecule has 0 aliphatic rings. The topological polar surface area (TPSA) is 38.3 Å². The third kappa shape index (κ3) is 6.12. The SMILES string of the molecule is COc1ccc(/C(=C(\c2ccc(C)cc2)c2ccc(Cl)cc2)c2ccccc2NC(=O)C(C)(C)C)cc1. The number of methoxy groups -OCH3 is 1. The highest BCUT2D eigenvalue weighted by Crippen LogP contribution is 2.40. The minimum atomic E-state index is -0.535. The molecule has 0 aromatic heterocycles. The fourth-order valence-corrected chi connectivity index (χ4v) is 4.23. The van der Waals surface area contributed by atoms with Crippen molar-refractivity contribution in [3.63, 3.8) is 0 Å². The Hall–Kier alpha value is -3.82. The van der Waals surface area contributed by atoms with E-state index in [1.807, 2.05) is 75.4 Å². The van der Waals surface area contributed by atoms with Crippen molar-refractivity contribution in [1.82, 2.24) is 0 Å². The maximum Gasteiger partial charge on any atom is 0.229 e. The Bertz CT molecular complexity index is 1360. The Kier molecular flexibility index (Phi) is 7.85. The number of ether oxygens (including phenoxy) is 1. The highest BCUT2D eigenvalue weighted by Gasteiger charge is 2.24. The van der Waals surface area contributed by atoms with Crippen molar-refractivity contribution in [3.05, 3.63) is 130 Å². The van der Waals surface area contributed by atoms with Crippen molar-refractivity contribution in [2.75, 3.05) is 12.4 Å². The van der Waals surface area contributed by atoms with Crippen LogP contribution in [0.5, 0.6) is 5.75 Å².